The van der Waals surface area contributed by atoms with Gasteiger partial charge in [-0.15, -0.1) is 0 Å². The summed E-state index contributed by atoms with van der Waals surface area (Å²) in [6, 6.07) is 11.7. The average molecular weight is 259 g/mol. The zero-order chi connectivity index (χ0) is 13.7. The molecular weight excluding hydrogens is 242 g/mol. The highest BCUT2D eigenvalue weighted by atomic mass is 16.5. The molecule has 2 rings (SSSR count). The first-order valence-electron chi connectivity index (χ1n) is 6.20. The third kappa shape index (κ3) is 3.45. The standard InChI is InChI=1S/C15H17NO3/c1-16-15(18)9-11-2-3-13-10-14(19-7-6-17)5-4-12(13)8-11/h2-5,8,10,17H,6-7,9H2,1H3,(H,16,18). The van der Waals surface area contributed by atoms with Crippen molar-refractivity contribution in [3.05, 3.63) is 42.0 Å². The minimum Gasteiger partial charge on any atom is -0.491 e. The van der Waals surface area contributed by atoms with Crippen LogP contribution in [0.4, 0.5) is 0 Å². The largest absolute Gasteiger partial charge is 0.491 e. The van der Waals surface area contributed by atoms with Crippen LogP contribution in [0.5, 0.6) is 5.75 Å². The fourth-order valence-electron chi connectivity index (χ4n) is 1.91. The van der Waals surface area contributed by atoms with E-state index in [-0.39, 0.29) is 12.5 Å². The van der Waals surface area contributed by atoms with Gasteiger partial charge in [0.05, 0.1) is 13.0 Å². The second-order valence-corrected chi connectivity index (χ2v) is 4.27. The number of ether oxygens (including phenoxy) is 1. The lowest BCUT2D eigenvalue weighted by molar-refractivity contribution is -0.119. The van der Waals surface area contributed by atoms with Crippen molar-refractivity contribution in [1.82, 2.24) is 5.32 Å². The van der Waals surface area contributed by atoms with Gasteiger partial charge in [-0.1, -0.05) is 24.3 Å². The lowest BCUT2D eigenvalue weighted by atomic mass is 10.0. The Hall–Kier alpha value is -2.07. The van der Waals surface area contributed by atoms with E-state index in [2.05, 4.69) is 5.32 Å². The molecule has 0 radical (unpaired) electrons. The van der Waals surface area contributed by atoms with Crippen LogP contribution in [0.25, 0.3) is 10.8 Å². The SMILES string of the molecule is CNC(=O)Cc1ccc2cc(OCCO)ccc2c1. The number of likely N-dealkylation sites (N-methyl/N-ethyl adjacent to an activating group) is 1. The molecule has 2 aromatic carbocycles. The minimum absolute atomic E-state index is 0.00208. The summed E-state index contributed by atoms with van der Waals surface area (Å²) in [5, 5.41) is 13.5. The fourth-order valence-corrected chi connectivity index (χ4v) is 1.91. The van der Waals surface area contributed by atoms with Crippen LogP contribution in [0, 0.1) is 0 Å². The predicted octanol–water partition coefficient (Wildman–Crippen LogP) is 1.50. The van der Waals surface area contributed by atoms with Crippen molar-refractivity contribution in [2.24, 2.45) is 0 Å². The molecule has 0 aliphatic rings. The van der Waals surface area contributed by atoms with Crippen LogP contribution in [-0.2, 0) is 11.2 Å². The van der Waals surface area contributed by atoms with E-state index in [1.807, 2.05) is 36.4 Å². The van der Waals surface area contributed by atoms with Crippen LogP contribution >= 0.6 is 0 Å². The summed E-state index contributed by atoms with van der Waals surface area (Å²) >= 11 is 0. The number of benzene rings is 2. The minimum atomic E-state index is 0.00208. The second-order valence-electron chi connectivity index (χ2n) is 4.27. The third-order valence-electron chi connectivity index (χ3n) is 2.88. The summed E-state index contributed by atoms with van der Waals surface area (Å²) in [6.45, 7) is 0.295. The van der Waals surface area contributed by atoms with Crippen molar-refractivity contribution < 1.29 is 14.6 Å². The van der Waals surface area contributed by atoms with Crippen LogP contribution in [0.1, 0.15) is 5.56 Å². The number of aliphatic hydroxyl groups is 1. The van der Waals surface area contributed by atoms with Gasteiger partial charge in [-0.3, -0.25) is 4.79 Å². The Morgan fingerprint density at radius 1 is 1.21 bits per heavy atom. The maximum Gasteiger partial charge on any atom is 0.224 e. The molecule has 0 aliphatic carbocycles. The molecule has 4 heteroatoms. The fraction of sp³-hybridized carbons (Fsp3) is 0.267. The van der Waals surface area contributed by atoms with Crippen molar-refractivity contribution in [3.8, 4) is 5.75 Å². The average Bonchev–Trinajstić information content (AvgIpc) is 2.44. The van der Waals surface area contributed by atoms with Crippen molar-refractivity contribution in [1.29, 1.82) is 0 Å². The van der Waals surface area contributed by atoms with E-state index in [0.29, 0.717) is 13.0 Å². The summed E-state index contributed by atoms with van der Waals surface area (Å²) < 4.78 is 5.36. The third-order valence-corrected chi connectivity index (χ3v) is 2.88. The van der Waals surface area contributed by atoms with Crippen molar-refractivity contribution in [3.63, 3.8) is 0 Å². The van der Waals surface area contributed by atoms with Crippen molar-refractivity contribution >= 4 is 16.7 Å². The van der Waals surface area contributed by atoms with Crippen molar-refractivity contribution in [2.75, 3.05) is 20.3 Å². The normalized spacial score (nSPS) is 10.4. The molecule has 1 amide bonds. The molecule has 0 heterocycles. The van der Waals surface area contributed by atoms with E-state index >= 15 is 0 Å². The van der Waals surface area contributed by atoms with E-state index in [0.717, 1.165) is 22.1 Å². The van der Waals surface area contributed by atoms with Gasteiger partial charge in [0.1, 0.15) is 12.4 Å². The topological polar surface area (TPSA) is 58.6 Å². The second kappa shape index (κ2) is 6.20. The number of amides is 1. The van der Waals surface area contributed by atoms with Crippen LogP contribution in [0.2, 0.25) is 0 Å². The van der Waals surface area contributed by atoms with Gasteiger partial charge >= 0.3 is 0 Å². The Balaban J connectivity index is 2.22. The number of fused-ring (bicyclic) bond motifs is 1. The van der Waals surface area contributed by atoms with Crippen LogP contribution in [0.15, 0.2) is 36.4 Å². The number of carbonyl (C=O) groups is 1. The van der Waals surface area contributed by atoms with E-state index < -0.39 is 0 Å². The number of hydrogen-bond donors (Lipinski definition) is 2. The van der Waals surface area contributed by atoms with E-state index in [9.17, 15) is 4.79 Å². The van der Waals surface area contributed by atoms with Gasteiger partial charge in [-0.05, 0) is 28.5 Å². The highest BCUT2D eigenvalue weighted by Gasteiger charge is 2.03. The summed E-state index contributed by atoms with van der Waals surface area (Å²) in [5.74, 6) is 0.739. The van der Waals surface area contributed by atoms with Gasteiger partial charge < -0.3 is 15.2 Å². The molecule has 0 spiro atoms. The van der Waals surface area contributed by atoms with Crippen LogP contribution < -0.4 is 10.1 Å². The zero-order valence-electron chi connectivity index (χ0n) is 10.8. The van der Waals surface area contributed by atoms with Gasteiger partial charge in [-0.25, -0.2) is 0 Å². The Morgan fingerprint density at radius 2 is 1.95 bits per heavy atom. The monoisotopic (exact) mass is 259 g/mol. The Kier molecular flexibility index (Phi) is 4.36. The van der Waals surface area contributed by atoms with Crippen LogP contribution in [-0.4, -0.2) is 31.3 Å². The highest BCUT2D eigenvalue weighted by molar-refractivity contribution is 5.86. The summed E-state index contributed by atoms with van der Waals surface area (Å²) in [6.07, 6.45) is 0.384. The number of hydrogen-bond acceptors (Lipinski definition) is 3. The Bertz CT molecular complexity index is 581. The summed E-state index contributed by atoms with van der Waals surface area (Å²) in [4.78, 5) is 11.3. The van der Waals surface area contributed by atoms with Gasteiger partial charge in [0.15, 0.2) is 0 Å². The molecule has 2 aromatic rings. The zero-order valence-corrected chi connectivity index (χ0v) is 10.8. The number of nitrogens with one attached hydrogen (secondary N) is 1. The maximum absolute atomic E-state index is 11.3. The van der Waals surface area contributed by atoms with Gasteiger partial charge in [-0.2, -0.15) is 0 Å². The molecular formula is C15H17NO3. The van der Waals surface area contributed by atoms with Crippen LogP contribution in [0.3, 0.4) is 0 Å². The number of aliphatic hydroxyl groups excluding tert-OH is 1. The molecule has 0 saturated carbocycles. The molecule has 0 saturated heterocycles. The first-order chi connectivity index (χ1) is 9.22. The molecule has 19 heavy (non-hydrogen) atoms. The predicted molar refractivity (Wildman–Crippen MR) is 74.3 cm³/mol. The molecule has 0 unspecified atom stereocenters. The number of rotatable bonds is 5. The lowest BCUT2D eigenvalue weighted by Gasteiger charge is -2.07. The van der Waals surface area contributed by atoms with E-state index in [4.69, 9.17) is 9.84 Å². The Labute approximate surface area is 112 Å². The molecule has 0 aromatic heterocycles. The first-order valence-corrected chi connectivity index (χ1v) is 6.20. The summed E-state index contributed by atoms with van der Waals surface area (Å²) in [7, 11) is 1.63. The molecule has 0 fully saturated rings. The first kappa shape index (κ1) is 13.4. The van der Waals surface area contributed by atoms with Crippen molar-refractivity contribution in [2.45, 2.75) is 6.42 Å². The molecule has 100 valence electrons. The smallest absolute Gasteiger partial charge is 0.224 e. The van der Waals surface area contributed by atoms with E-state index in [1.165, 1.54) is 0 Å². The quantitative estimate of drug-likeness (QED) is 0.855. The molecule has 4 nitrogen and oxygen atoms in total. The molecule has 0 aliphatic heterocycles. The van der Waals surface area contributed by atoms with E-state index in [1.54, 1.807) is 7.05 Å². The van der Waals surface area contributed by atoms with Gasteiger partial charge in [0.2, 0.25) is 5.91 Å². The maximum atomic E-state index is 11.3. The molecule has 0 atom stereocenters. The molecule has 2 N–H and O–H groups in total. The molecule has 0 bridgehead atoms. The Morgan fingerprint density at radius 3 is 2.68 bits per heavy atom. The number of carbonyl (C=O) groups excluding carboxylic acids is 1. The highest BCUT2D eigenvalue weighted by Crippen LogP contribution is 2.22. The summed E-state index contributed by atoms with van der Waals surface area (Å²) in [5.41, 5.74) is 0.982. The lowest BCUT2D eigenvalue weighted by Crippen LogP contribution is -2.19. The van der Waals surface area contributed by atoms with Gasteiger partial charge in [0, 0.05) is 7.05 Å². The van der Waals surface area contributed by atoms with Gasteiger partial charge in [0.25, 0.3) is 0 Å².